The Kier molecular flexibility index (Phi) is 11.4. The van der Waals surface area contributed by atoms with Gasteiger partial charge in [0.15, 0.2) is 0 Å². The van der Waals surface area contributed by atoms with Crippen LogP contribution in [0.3, 0.4) is 0 Å². The lowest BCUT2D eigenvalue weighted by Gasteiger charge is -1.97. The fourth-order valence-electron chi connectivity index (χ4n) is 1.85. The van der Waals surface area contributed by atoms with Crippen LogP contribution >= 0.6 is 0 Å². The zero-order chi connectivity index (χ0) is 15.2. The number of ketones is 1. The molecule has 0 aromatic heterocycles. The van der Waals surface area contributed by atoms with Crippen molar-refractivity contribution >= 4 is 5.78 Å². The van der Waals surface area contributed by atoms with Crippen molar-refractivity contribution in [3.05, 3.63) is 35.4 Å². The van der Waals surface area contributed by atoms with Crippen LogP contribution in [0, 0.1) is 18.3 Å². The van der Waals surface area contributed by atoms with E-state index in [-0.39, 0.29) is 0 Å². The molecular weight excluding hydrogens is 246 g/mol. The van der Waals surface area contributed by atoms with Crippen molar-refractivity contribution in [2.75, 3.05) is 0 Å². The zero-order valence-electron chi connectivity index (χ0n) is 13.1. The molecule has 0 N–H and O–H groups in total. The number of carbonyl (C=O) groups is 1. The van der Waals surface area contributed by atoms with Crippen LogP contribution in [0.15, 0.2) is 24.3 Å². The Morgan fingerprint density at radius 2 is 1.75 bits per heavy atom. The van der Waals surface area contributed by atoms with E-state index in [0.29, 0.717) is 5.78 Å². The third-order valence-corrected chi connectivity index (χ3v) is 3.10. The molecule has 0 heterocycles. The van der Waals surface area contributed by atoms with Crippen molar-refractivity contribution in [3.8, 4) is 6.07 Å². The summed E-state index contributed by atoms with van der Waals surface area (Å²) in [5.41, 5.74) is 1.80. The van der Waals surface area contributed by atoms with E-state index in [1.807, 2.05) is 31.2 Å². The van der Waals surface area contributed by atoms with Gasteiger partial charge in [-0.1, -0.05) is 51.3 Å². The molecule has 0 aliphatic heterocycles. The predicted molar refractivity (Wildman–Crippen MR) is 84.6 cm³/mol. The first-order chi connectivity index (χ1) is 9.65. The van der Waals surface area contributed by atoms with Gasteiger partial charge in [-0.15, -0.1) is 0 Å². The monoisotopic (exact) mass is 273 g/mol. The van der Waals surface area contributed by atoms with Crippen LogP contribution in [0.5, 0.6) is 0 Å². The second-order valence-electron chi connectivity index (χ2n) is 5.03. The fourth-order valence-corrected chi connectivity index (χ4v) is 1.85. The minimum Gasteiger partial charge on any atom is -0.300 e. The van der Waals surface area contributed by atoms with E-state index in [1.54, 1.807) is 0 Å². The van der Waals surface area contributed by atoms with Crippen molar-refractivity contribution in [2.24, 2.45) is 0 Å². The molecule has 0 bridgehead atoms. The normalized spacial score (nSPS) is 9.30. The van der Waals surface area contributed by atoms with E-state index in [9.17, 15) is 4.79 Å². The van der Waals surface area contributed by atoms with Crippen LogP contribution in [-0.2, 0) is 4.79 Å². The maximum atomic E-state index is 11.0. The second-order valence-corrected chi connectivity index (χ2v) is 5.03. The number of nitriles is 1. The molecule has 1 aromatic rings. The van der Waals surface area contributed by atoms with E-state index < -0.39 is 0 Å². The van der Waals surface area contributed by atoms with E-state index in [4.69, 9.17) is 5.26 Å². The molecule has 0 saturated carbocycles. The van der Waals surface area contributed by atoms with Crippen LogP contribution in [0.2, 0.25) is 0 Å². The number of Topliss-reactive ketones (excluding diaryl/α,β-unsaturated/α-hetero) is 1. The molecule has 2 nitrogen and oxygen atoms in total. The lowest BCUT2D eigenvalue weighted by Crippen LogP contribution is -1.95. The minimum atomic E-state index is 0.448. The van der Waals surface area contributed by atoms with Gasteiger partial charge in [0.1, 0.15) is 5.78 Å². The Balaban J connectivity index is 0.000000367. The summed E-state index contributed by atoms with van der Waals surface area (Å²) in [5.74, 6) is 0.448. The van der Waals surface area contributed by atoms with Gasteiger partial charge in [-0.3, -0.25) is 4.79 Å². The number of carbonyl (C=O) groups excluding carboxylic acids is 1. The van der Waals surface area contributed by atoms with E-state index in [0.717, 1.165) is 36.8 Å². The van der Waals surface area contributed by atoms with Crippen molar-refractivity contribution in [1.82, 2.24) is 0 Å². The number of benzene rings is 1. The number of aryl methyl sites for hydroxylation is 1. The maximum absolute atomic E-state index is 11.0. The van der Waals surface area contributed by atoms with Gasteiger partial charge < -0.3 is 0 Å². The quantitative estimate of drug-likeness (QED) is 0.641. The van der Waals surface area contributed by atoms with Gasteiger partial charge in [-0.2, -0.15) is 5.26 Å². The summed E-state index contributed by atoms with van der Waals surface area (Å²) < 4.78 is 0. The molecule has 0 amide bonds. The Morgan fingerprint density at radius 1 is 1.05 bits per heavy atom. The maximum Gasteiger partial charge on any atom is 0.132 e. The fraction of sp³-hybridized carbons (Fsp3) is 0.556. The van der Waals surface area contributed by atoms with Gasteiger partial charge in [0.2, 0.25) is 0 Å². The SMILES string of the molecule is CCCCCCC(=O)CCC.Cc1ccccc1C#N. The highest BCUT2D eigenvalue weighted by molar-refractivity contribution is 5.78. The van der Waals surface area contributed by atoms with Gasteiger partial charge in [0, 0.05) is 12.8 Å². The summed E-state index contributed by atoms with van der Waals surface area (Å²) in [5, 5.41) is 8.47. The number of hydrogen-bond acceptors (Lipinski definition) is 2. The van der Waals surface area contributed by atoms with Gasteiger partial charge >= 0.3 is 0 Å². The lowest BCUT2D eigenvalue weighted by molar-refractivity contribution is -0.119. The Hall–Kier alpha value is -1.62. The van der Waals surface area contributed by atoms with Gasteiger partial charge in [-0.05, 0) is 31.4 Å². The molecule has 0 aliphatic carbocycles. The molecule has 0 saturated heterocycles. The highest BCUT2D eigenvalue weighted by Crippen LogP contribution is 2.05. The lowest BCUT2D eigenvalue weighted by atomic mass is 10.1. The number of hydrogen-bond donors (Lipinski definition) is 0. The first-order valence-electron chi connectivity index (χ1n) is 7.63. The Morgan fingerprint density at radius 3 is 2.25 bits per heavy atom. The van der Waals surface area contributed by atoms with E-state index in [2.05, 4.69) is 19.9 Å². The summed E-state index contributed by atoms with van der Waals surface area (Å²) >= 11 is 0. The summed E-state index contributed by atoms with van der Waals surface area (Å²) in [6.45, 7) is 6.18. The van der Waals surface area contributed by atoms with Crippen molar-refractivity contribution in [2.45, 2.75) is 65.7 Å². The van der Waals surface area contributed by atoms with Crippen LogP contribution in [-0.4, -0.2) is 5.78 Å². The molecule has 0 aliphatic rings. The van der Waals surface area contributed by atoms with Crippen LogP contribution in [0.1, 0.15) is 69.9 Å². The highest BCUT2D eigenvalue weighted by atomic mass is 16.1. The highest BCUT2D eigenvalue weighted by Gasteiger charge is 1.98. The average Bonchev–Trinajstić information content (AvgIpc) is 2.45. The number of unbranched alkanes of at least 4 members (excludes halogenated alkanes) is 3. The molecule has 0 spiro atoms. The van der Waals surface area contributed by atoms with Crippen LogP contribution in [0.4, 0.5) is 0 Å². The first-order valence-corrected chi connectivity index (χ1v) is 7.63. The molecule has 0 atom stereocenters. The van der Waals surface area contributed by atoms with Crippen molar-refractivity contribution in [3.63, 3.8) is 0 Å². The third-order valence-electron chi connectivity index (χ3n) is 3.10. The van der Waals surface area contributed by atoms with Gasteiger partial charge in [-0.25, -0.2) is 0 Å². The molecule has 1 aromatic carbocycles. The molecule has 0 fully saturated rings. The van der Waals surface area contributed by atoms with E-state index >= 15 is 0 Å². The van der Waals surface area contributed by atoms with Crippen LogP contribution < -0.4 is 0 Å². The largest absolute Gasteiger partial charge is 0.300 e. The standard InChI is InChI=1S/C10H20O.C8H7N/c1-3-5-6-7-9-10(11)8-4-2;1-7-4-2-3-5-8(7)6-9/h3-9H2,1-2H3;2-5H,1H3. The summed E-state index contributed by atoms with van der Waals surface area (Å²) in [6, 6.07) is 9.63. The Bertz CT molecular complexity index is 418. The second kappa shape index (κ2) is 12.4. The van der Waals surface area contributed by atoms with Gasteiger partial charge in [0.25, 0.3) is 0 Å². The average molecular weight is 273 g/mol. The Labute approximate surface area is 123 Å². The minimum absolute atomic E-state index is 0.448. The zero-order valence-corrected chi connectivity index (χ0v) is 13.1. The molecule has 20 heavy (non-hydrogen) atoms. The molecule has 0 radical (unpaired) electrons. The topological polar surface area (TPSA) is 40.9 Å². The molecule has 0 unspecified atom stereocenters. The smallest absolute Gasteiger partial charge is 0.132 e. The summed E-state index contributed by atoms with van der Waals surface area (Å²) in [6.07, 6.45) is 7.46. The van der Waals surface area contributed by atoms with Crippen molar-refractivity contribution in [1.29, 1.82) is 5.26 Å². The van der Waals surface area contributed by atoms with Crippen LogP contribution in [0.25, 0.3) is 0 Å². The van der Waals surface area contributed by atoms with Gasteiger partial charge in [0.05, 0.1) is 11.6 Å². The summed E-state index contributed by atoms with van der Waals surface area (Å²) in [4.78, 5) is 11.0. The summed E-state index contributed by atoms with van der Waals surface area (Å²) in [7, 11) is 0. The van der Waals surface area contributed by atoms with E-state index in [1.165, 1.54) is 19.3 Å². The predicted octanol–water partition coefficient (Wildman–Crippen LogP) is 5.19. The third kappa shape index (κ3) is 9.33. The first kappa shape index (κ1) is 18.4. The number of nitrogens with zero attached hydrogens (tertiary/aromatic N) is 1. The number of rotatable bonds is 7. The molecule has 2 heteroatoms. The van der Waals surface area contributed by atoms with Crippen molar-refractivity contribution < 1.29 is 4.79 Å². The molecule has 1 rings (SSSR count). The molecule has 110 valence electrons. The molecular formula is C18H27NO.